The van der Waals surface area contributed by atoms with Crippen LogP contribution in [0.5, 0.6) is 5.75 Å². The van der Waals surface area contributed by atoms with Crippen LogP contribution < -0.4 is 20.9 Å². The fourth-order valence-corrected chi connectivity index (χ4v) is 3.50. The maximum atomic E-state index is 12.9. The Hall–Kier alpha value is -3.11. The van der Waals surface area contributed by atoms with Gasteiger partial charge in [-0.25, -0.2) is 0 Å². The summed E-state index contributed by atoms with van der Waals surface area (Å²) in [5, 5.41) is 15.2. The zero-order valence-electron chi connectivity index (χ0n) is 16.1. The second-order valence-electron chi connectivity index (χ2n) is 7.02. The highest BCUT2D eigenvalue weighted by Gasteiger charge is 2.19. The summed E-state index contributed by atoms with van der Waals surface area (Å²) in [4.78, 5) is 25.7. The molecule has 1 unspecified atom stereocenters. The number of nitriles is 1. The third-order valence-corrected chi connectivity index (χ3v) is 5.03. The van der Waals surface area contributed by atoms with E-state index >= 15 is 0 Å². The number of piperidine rings is 1. The molecule has 0 saturated carbocycles. The van der Waals surface area contributed by atoms with Crippen LogP contribution in [0.25, 0.3) is 0 Å². The highest BCUT2D eigenvalue weighted by molar-refractivity contribution is 6.05. The molecule has 1 aliphatic rings. The fraction of sp³-hybridized carbons (Fsp3) is 0.381. The Kier molecular flexibility index (Phi) is 6.12. The molecule has 1 aliphatic heterocycles. The number of methoxy groups -OCH3 is 1. The maximum absolute atomic E-state index is 12.9. The first-order valence-corrected chi connectivity index (χ1v) is 9.33. The SMILES string of the molecule is COc1cc(NC(=O)c2c(C)ccn(CC3CCCNC3)c2=O)ccc1C#N. The third kappa shape index (κ3) is 4.24. The molecule has 7 nitrogen and oxygen atoms in total. The third-order valence-electron chi connectivity index (χ3n) is 5.03. The van der Waals surface area contributed by atoms with Crippen molar-refractivity contribution in [2.24, 2.45) is 5.92 Å². The first-order valence-electron chi connectivity index (χ1n) is 9.33. The minimum absolute atomic E-state index is 0.134. The number of aryl methyl sites for hydroxylation is 1. The van der Waals surface area contributed by atoms with E-state index in [0.29, 0.717) is 35.0 Å². The van der Waals surface area contributed by atoms with Crippen molar-refractivity contribution in [2.45, 2.75) is 26.3 Å². The van der Waals surface area contributed by atoms with Gasteiger partial charge in [-0.1, -0.05) is 0 Å². The fourth-order valence-electron chi connectivity index (χ4n) is 3.50. The summed E-state index contributed by atoms with van der Waals surface area (Å²) in [6.45, 7) is 4.24. The molecular weight excluding hydrogens is 356 g/mol. The molecule has 0 aliphatic carbocycles. The number of aromatic nitrogens is 1. The Labute approximate surface area is 163 Å². The number of benzene rings is 1. The molecule has 146 valence electrons. The number of carbonyl (C=O) groups is 1. The molecule has 2 aromatic rings. The van der Waals surface area contributed by atoms with E-state index in [1.807, 2.05) is 6.07 Å². The number of hydrogen-bond acceptors (Lipinski definition) is 5. The van der Waals surface area contributed by atoms with Gasteiger partial charge in [-0.3, -0.25) is 9.59 Å². The number of nitrogens with zero attached hydrogens (tertiary/aromatic N) is 2. The van der Waals surface area contributed by atoms with E-state index in [1.165, 1.54) is 7.11 Å². The van der Waals surface area contributed by atoms with E-state index < -0.39 is 5.91 Å². The quantitative estimate of drug-likeness (QED) is 0.830. The molecule has 2 N–H and O–H groups in total. The van der Waals surface area contributed by atoms with Crippen LogP contribution in [0.3, 0.4) is 0 Å². The van der Waals surface area contributed by atoms with Crippen molar-refractivity contribution < 1.29 is 9.53 Å². The average molecular weight is 380 g/mol. The standard InChI is InChI=1S/C21H24N4O3/c1-14-7-9-25(13-15-4-3-8-23-12-15)21(27)19(14)20(26)24-17-6-5-16(11-22)18(10-17)28-2/h5-7,9-10,15,23H,3-4,8,12-13H2,1-2H3,(H,24,26). The van der Waals surface area contributed by atoms with Crippen LogP contribution in [-0.4, -0.2) is 30.7 Å². The summed E-state index contributed by atoms with van der Waals surface area (Å²) in [6, 6.07) is 8.58. The van der Waals surface area contributed by atoms with Gasteiger partial charge >= 0.3 is 0 Å². The first-order chi connectivity index (χ1) is 13.5. The Balaban J connectivity index is 1.84. The zero-order chi connectivity index (χ0) is 20.1. The molecule has 0 radical (unpaired) electrons. The largest absolute Gasteiger partial charge is 0.495 e. The van der Waals surface area contributed by atoms with Gasteiger partial charge in [-0.2, -0.15) is 5.26 Å². The predicted molar refractivity (Wildman–Crippen MR) is 107 cm³/mol. The Morgan fingerprint density at radius 3 is 2.93 bits per heavy atom. The van der Waals surface area contributed by atoms with Crippen LogP contribution >= 0.6 is 0 Å². The van der Waals surface area contributed by atoms with Gasteiger partial charge in [0.1, 0.15) is 17.4 Å². The van der Waals surface area contributed by atoms with Crippen LogP contribution in [0.1, 0.15) is 34.3 Å². The summed E-state index contributed by atoms with van der Waals surface area (Å²) in [7, 11) is 1.46. The molecule has 3 rings (SSSR count). The van der Waals surface area contributed by atoms with E-state index in [0.717, 1.165) is 25.9 Å². The van der Waals surface area contributed by atoms with Crippen LogP contribution in [0.2, 0.25) is 0 Å². The van der Waals surface area contributed by atoms with Crippen molar-refractivity contribution in [1.82, 2.24) is 9.88 Å². The van der Waals surface area contributed by atoms with E-state index in [-0.39, 0.29) is 11.1 Å². The molecule has 1 fully saturated rings. The lowest BCUT2D eigenvalue weighted by molar-refractivity contribution is 0.102. The van der Waals surface area contributed by atoms with E-state index in [4.69, 9.17) is 10.00 Å². The van der Waals surface area contributed by atoms with Crippen molar-refractivity contribution >= 4 is 11.6 Å². The van der Waals surface area contributed by atoms with E-state index in [2.05, 4.69) is 10.6 Å². The van der Waals surface area contributed by atoms with Crippen molar-refractivity contribution in [3.63, 3.8) is 0 Å². The lowest BCUT2D eigenvalue weighted by Crippen LogP contribution is -2.36. The van der Waals surface area contributed by atoms with E-state index in [9.17, 15) is 9.59 Å². The molecule has 1 amide bonds. The van der Waals surface area contributed by atoms with Gasteiger partial charge in [0.15, 0.2) is 0 Å². The summed E-state index contributed by atoms with van der Waals surface area (Å²) >= 11 is 0. The van der Waals surface area contributed by atoms with Gasteiger partial charge < -0.3 is 19.9 Å². The molecule has 7 heteroatoms. The Morgan fingerprint density at radius 2 is 2.25 bits per heavy atom. The molecule has 1 atom stereocenters. The molecule has 1 aromatic heterocycles. The minimum atomic E-state index is -0.467. The number of anilines is 1. The maximum Gasteiger partial charge on any atom is 0.263 e. The number of rotatable bonds is 5. The van der Waals surface area contributed by atoms with Crippen LogP contribution in [0.15, 0.2) is 35.3 Å². The second kappa shape index (κ2) is 8.72. The molecule has 0 bridgehead atoms. The minimum Gasteiger partial charge on any atom is -0.495 e. The molecule has 0 spiro atoms. The molecule has 1 aromatic carbocycles. The second-order valence-corrected chi connectivity index (χ2v) is 7.02. The molecule has 28 heavy (non-hydrogen) atoms. The number of nitrogens with one attached hydrogen (secondary N) is 2. The van der Waals surface area contributed by atoms with Gasteiger partial charge in [-0.15, -0.1) is 0 Å². The summed E-state index contributed by atoms with van der Waals surface area (Å²) in [5.74, 6) is 0.283. The van der Waals surface area contributed by atoms with Crippen LogP contribution in [-0.2, 0) is 6.54 Å². The van der Waals surface area contributed by atoms with Crippen LogP contribution in [0.4, 0.5) is 5.69 Å². The van der Waals surface area contributed by atoms with Gasteiger partial charge in [0.05, 0.1) is 12.7 Å². The number of hydrogen-bond donors (Lipinski definition) is 2. The summed E-state index contributed by atoms with van der Waals surface area (Å²) in [5.41, 5.74) is 1.31. The van der Waals surface area contributed by atoms with Crippen LogP contribution in [0, 0.1) is 24.2 Å². The van der Waals surface area contributed by atoms with Gasteiger partial charge in [0, 0.05) is 24.5 Å². The molecule has 1 saturated heterocycles. The number of ether oxygens (including phenoxy) is 1. The van der Waals surface area contributed by atoms with Gasteiger partial charge in [0.25, 0.3) is 11.5 Å². The highest BCUT2D eigenvalue weighted by Crippen LogP contribution is 2.23. The molecule has 2 heterocycles. The highest BCUT2D eigenvalue weighted by atomic mass is 16.5. The monoisotopic (exact) mass is 380 g/mol. The van der Waals surface area contributed by atoms with Crippen molar-refractivity contribution in [1.29, 1.82) is 5.26 Å². The van der Waals surface area contributed by atoms with Crippen molar-refractivity contribution in [2.75, 3.05) is 25.5 Å². The first kappa shape index (κ1) is 19.6. The Morgan fingerprint density at radius 1 is 1.43 bits per heavy atom. The number of pyridine rings is 1. The zero-order valence-corrected chi connectivity index (χ0v) is 16.1. The average Bonchev–Trinajstić information content (AvgIpc) is 2.71. The molecular formula is C21H24N4O3. The normalized spacial score (nSPS) is 16.2. The summed E-state index contributed by atoms with van der Waals surface area (Å²) in [6.07, 6.45) is 3.92. The number of amides is 1. The Bertz CT molecular complexity index is 969. The lowest BCUT2D eigenvalue weighted by atomic mass is 9.99. The van der Waals surface area contributed by atoms with Crippen molar-refractivity contribution in [3.8, 4) is 11.8 Å². The predicted octanol–water partition coefficient (Wildman–Crippen LogP) is 2.29. The number of carbonyl (C=O) groups excluding carboxylic acids is 1. The summed E-state index contributed by atoms with van der Waals surface area (Å²) < 4.78 is 6.79. The van der Waals surface area contributed by atoms with E-state index in [1.54, 1.807) is 42.0 Å². The van der Waals surface area contributed by atoms with Crippen molar-refractivity contribution in [3.05, 3.63) is 57.5 Å². The topological polar surface area (TPSA) is 96.2 Å². The smallest absolute Gasteiger partial charge is 0.263 e. The van der Waals surface area contributed by atoms with Gasteiger partial charge in [0.2, 0.25) is 0 Å². The lowest BCUT2D eigenvalue weighted by Gasteiger charge is -2.23. The van der Waals surface area contributed by atoms with Gasteiger partial charge in [-0.05, 0) is 62.5 Å².